The minimum Gasteiger partial charge on any atom is -0.383 e. The van der Waals surface area contributed by atoms with Gasteiger partial charge < -0.3 is 9.30 Å². The minimum absolute atomic E-state index is 0.0325. The number of alkyl halides is 1. The molecule has 0 aromatic carbocycles. The van der Waals surface area contributed by atoms with Crippen molar-refractivity contribution in [1.82, 2.24) is 9.47 Å². The standard InChI is InChI=1S/C12H19ClN2O2/c1-17-11-10-14(7-5-13)8-9-15-6-3-2-4-12(15)16/h2-4,6H,5,7-11H2,1H3. The van der Waals surface area contributed by atoms with Crippen LogP contribution in [0.3, 0.4) is 0 Å². The fourth-order valence-electron chi connectivity index (χ4n) is 1.57. The Bertz CT molecular complexity index is 368. The summed E-state index contributed by atoms with van der Waals surface area (Å²) in [7, 11) is 1.68. The molecule has 0 bridgehead atoms. The lowest BCUT2D eigenvalue weighted by Gasteiger charge is -2.21. The van der Waals surface area contributed by atoms with E-state index in [1.165, 1.54) is 0 Å². The molecule has 0 saturated heterocycles. The maximum atomic E-state index is 11.5. The van der Waals surface area contributed by atoms with E-state index in [0.29, 0.717) is 19.0 Å². The smallest absolute Gasteiger partial charge is 0.250 e. The lowest BCUT2D eigenvalue weighted by molar-refractivity contribution is 0.149. The van der Waals surface area contributed by atoms with Crippen molar-refractivity contribution in [2.45, 2.75) is 6.54 Å². The second-order valence-corrected chi connectivity index (χ2v) is 4.13. The summed E-state index contributed by atoms with van der Waals surface area (Å²) in [5.74, 6) is 0.591. The average molecular weight is 259 g/mol. The summed E-state index contributed by atoms with van der Waals surface area (Å²) in [4.78, 5) is 13.7. The molecular weight excluding hydrogens is 240 g/mol. The molecule has 0 amide bonds. The highest BCUT2D eigenvalue weighted by Gasteiger charge is 2.04. The highest BCUT2D eigenvalue weighted by molar-refractivity contribution is 6.18. The second-order valence-electron chi connectivity index (χ2n) is 3.76. The van der Waals surface area contributed by atoms with Gasteiger partial charge in [-0.1, -0.05) is 6.07 Å². The van der Waals surface area contributed by atoms with Crippen LogP contribution in [0.25, 0.3) is 0 Å². The van der Waals surface area contributed by atoms with Gasteiger partial charge in [0.15, 0.2) is 0 Å². The summed E-state index contributed by atoms with van der Waals surface area (Å²) in [6.07, 6.45) is 1.80. The van der Waals surface area contributed by atoms with Crippen molar-refractivity contribution in [2.75, 3.05) is 39.2 Å². The Morgan fingerprint density at radius 1 is 1.35 bits per heavy atom. The molecule has 1 rings (SSSR count). The van der Waals surface area contributed by atoms with Crippen LogP contribution in [-0.2, 0) is 11.3 Å². The normalized spacial score (nSPS) is 11.0. The lowest BCUT2D eigenvalue weighted by atomic mass is 10.4. The molecular formula is C12H19ClN2O2. The Balaban J connectivity index is 2.45. The quantitative estimate of drug-likeness (QED) is 0.654. The van der Waals surface area contributed by atoms with Gasteiger partial charge in [0.2, 0.25) is 0 Å². The Morgan fingerprint density at radius 2 is 2.18 bits per heavy atom. The van der Waals surface area contributed by atoms with E-state index in [2.05, 4.69) is 4.90 Å². The van der Waals surface area contributed by atoms with Crippen molar-refractivity contribution < 1.29 is 4.74 Å². The van der Waals surface area contributed by atoms with Crippen molar-refractivity contribution in [3.63, 3.8) is 0 Å². The lowest BCUT2D eigenvalue weighted by Crippen LogP contribution is -2.34. The van der Waals surface area contributed by atoms with Gasteiger partial charge in [0, 0.05) is 51.4 Å². The fraction of sp³-hybridized carbons (Fsp3) is 0.583. The molecule has 0 radical (unpaired) electrons. The third-order valence-electron chi connectivity index (χ3n) is 2.57. The number of pyridine rings is 1. The molecule has 1 aromatic rings. The first-order valence-electron chi connectivity index (χ1n) is 5.70. The van der Waals surface area contributed by atoms with Crippen LogP contribution in [0.1, 0.15) is 0 Å². The van der Waals surface area contributed by atoms with Crippen LogP contribution in [0, 0.1) is 0 Å². The van der Waals surface area contributed by atoms with Crippen LogP contribution in [0.4, 0.5) is 0 Å². The maximum Gasteiger partial charge on any atom is 0.250 e. The molecule has 96 valence electrons. The first-order valence-corrected chi connectivity index (χ1v) is 6.24. The van der Waals surface area contributed by atoms with Gasteiger partial charge in [0.25, 0.3) is 5.56 Å². The predicted molar refractivity (Wildman–Crippen MR) is 69.7 cm³/mol. The number of methoxy groups -OCH3 is 1. The van der Waals surface area contributed by atoms with Crippen molar-refractivity contribution in [2.24, 2.45) is 0 Å². The number of hydrogen-bond donors (Lipinski definition) is 0. The van der Waals surface area contributed by atoms with Gasteiger partial charge in [-0.05, 0) is 6.07 Å². The highest BCUT2D eigenvalue weighted by atomic mass is 35.5. The third-order valence-corrected chi connectivity index (χ3v) is 2.74. The van der Waals surface area contributed by atoms with E-state index < -0.39 is 0 Å². The second kappa shape index (κ2) is 8.28. The number of rotatable bonds is 8. The van der Waals surface area contributed by atoms with Gasteiger partial charge in [0.1, 0.15) is 0 Å². The molecule has 4 nitrogen and oxygen atoms in total. The average Bonchev–Trinajstić information content (AvgIpc) is 2.34. The molecule has 17 heavy (non-hydrogen) atoms. The molecule has 1 heterocycles. The maximum absolute atomic E-state index is 11.5. The van der Waals surface area contributed by atoms with E-state index in [9.17, 15) is 4.79 Å². The van der Waals surface area contributed by atoms with Crippen molar-refractivity contribution in [3.8, 4) is 0 Å². The van der Waals surface area contributed by atoms with Crippen LogP contribution in [0.2, 0.25) is 0 Å². The third kappa shape index (κ3) is 5.35. The molecule has 0 aliphatic carbocycles. The zero-order valence-corrected chi connectivity index (χ0v) is 10.9. The largest absolute Gasteiger partial charge is 0.383 e. The van der Waals surface area contributed by atoms with Crippen molar-refractivity contribution >= 4 is 11.6 Å². The van der Waals surface area contributed by atoms with E-state index in [1.807, 2.05) is 6.07 Å². The highest BCUT2D eigenvalue weighted by Crippen LogP contribution is 1.92. The van der Waals surface area contributed by atoms with Gasteiger partial charge >= 0.3 is 0 Å². The van der Waals surface area contributed by atoms with Gasteiger partial charge in [-0.15, -0.1) is 11.6 Å². The Kier molecular flexibility index (Phi) is 6.93. The Hall–Kier alpha value is -0.840. The van der Waals surface area contributed by atoms with E-state index in [0.717, 1.165) is 19.6 Å². The number of aromatic nitrogens is 1. The monoisotopic (exact) mass is 258 g/mol. The molecule has 1 aromatic heterocycles. The fourth-order valence-corrected chi connectivity index (χ4v) is 1.81. The molecule has 0 spiro atoms. The zero-order valence-electron chi connectivity index (χ0n) is 10.1. The van der Waals surface area contributed by atoms with Crippen LogP contribution < -0.4 is 5.56 Å². The van der Waals surface area contributed by atoms with Crippen LogP contribution in [-0.4, -0.2) is 48.7 Å². The van der Waals surface area contributed by atoms with E-state index in [-0.39, 0.29) is 5.56 Å². The van der Waals surface area contributed by atoms with Gasteiger partial charge in [-0.25, -0.2) is 0 Å². The van der Waals surface area contributed by atoms with Gasteiger partial charge in [-0.3, -0.25) is 9.69 Å². The summed E-state index contributed by atoms with van der Waals surface area (Å²) in [6.45, 7) is 3.82. The first-order chi connectivity index (χ1) is 8.27. The summed E-state index contributed by atoms with van der Waals surface area (Å²) in [5, 5.41) is 0. The molecule has 5 heteroatoms. The van der Waals surface area contributed by atoms with Gasteiger partial charge in [0.05, 0.1) is 6.61 Å². The number of hydrogen-bond acceptors (Lipinski definition) is 3. The first kappa shape index (κ1) is 14.2. The molecule has 0 fully saturated rings. The summed E-state index contributed by atoms with van der Waals surface area (Å²) >= 11 is 5.74. The molecule has 0 aliphatic heterocycles. The van der Waals surface area contributed by atoms with Crippen LogP contribution >= 0.6 is 11.6 Å². The van der Waals surface area contributed by atoms with Crippen LogP contribution in [0.15, 0.2) is 29.2 Å². The zero-order chi connectivity index (χ0) is 12.5. The number of ether oxygens (including phenoxy) is 1. The molecule has 0 atom stereocenters. The molecule has 0 N–H and O–H groups in total. The topological polar surface area (TPSA) is 34.5 Å². The molecule has 0 saturated carbocycles. The number of nitrogens with zero attached hydrogens (tertiary/aromatic N) is 2. The Morgan fingerprint density at radius 3 is 2.82 bits per heavy atom. The predicted octanol–water partition coefficient (Wildman–Crippen LogP) is 1.04. The summed E-state index contributed by atoms with van der Waals surface area (Å²) < 4.78 is 6.74. The number of halogens is 1. The SMILES string of the molecule is COCCN(CCCl)CCn1ccccc1=O. The summed E-state index contributed by atoms with van der Waals surface area (Å²) in [6, 6.07) is 5.18. The van der Waals surface area contributed by atoms with Crippen molar-refractivity contribution in [1.29, 1.82) is 0 Å². The summed E-state index contributed by atoms with van der Waals surface area (Å²) in [5.41, 5.74) is 0.0325. The van der Waals surface area contributed by atoms with E-state index >= 15 is 0 Å². The minimum atomic E-state index is 0.0325. The Labute approximate surface area is 107 Å². The van der Waals surface area contributed by atoms with E-state index in [4.69, 9.17) is 16.3 Å². The van der Waals surface area contributed by atoms with Crippen molar-refractivity contribution in [3.05, 3.63) is 34.7 Å². The van der Waals surface area contributed by atoms with E-state index in [1.54, 1.807) is 30.0 Å². The molecule has 0 unspecified atom stereocenters. The molecule has 0 aliphatic rings. The van der Waals surface area contributed by atoms with Gasteiger partial charge in [-0.2, -0.15) is 0 Å². The van der Waals surface area contributed by atoms with Crippen LogP contribution in [0.5, 0.6) is 0 Å².